The Kier molecular flexibility index (Phi) is 7.31. The van der Waals surface area contributed by atoms with Crippen molar-refractivity contribution in [3.05, 3.63) is 48.0 Å². The molecule has 0 atom stereocenters. The molecule has 0 saturated carbocycles. The molecule has 7 nitrogen and oxygen atoms in total. The van der Waals surface area contributed by atoms with Gasteiger partial charge in [-0.1, -0.05) is 36.5 Å². The highest BCUT2D eigenvalue weighted by atomic mass is 32.1. The third kappa shape index (κ3) is 5.98. The summed E-state index contributed by atoms with van der Waals surface area (Å²) in [5, 5.41) is 9.12. The molecule has 2 amide bonds. The van der Waals surface area contributed by atoms with Gasteiger partial charge in [0.05, 0.1) is 10.2 Å². The summed E-state index contributed by atoms with van der Waals surface area (Å²) in [5.74, 6) is 0.256. The Balaban J connectivity index is 1.54. The molecule has 1 aromatic heterocycles. The van der Waals surface area contributed by atoms with Crippen molar-refractivity contribution in [1.82, 2.24) is 10.3 Å². The maximum atomic E-state index is 12.1. The molecule has 3 N–H and O–H groups in total. The Bertz CT molecular complexity index is 1080. The van der Waals surface area contributed by atoms with E-state index in [2.05, 4.69) is 20.9 Å². The quantitative estimate of drug-likeness (QED) is 0.474. The molecule has 0 spiro atoms. The highest BCUT2D eigenvalue weighted by Gasteiger charge is 2.10. The van der Waals surface area contributed by atoms with Crippen LogP contribution in [0.4, 0.5) is 10.8 Å². The zero-order chi connectivity index (χ0) is 21.5. The number of carbonyl (C=O) groups is 2. The predicted molar refractivity (Wildman–Crippen MR) is 124 cm³/mol. The summed E-state index contributed by atoms with van der Waals surface area (Å²) in [7, 11) is 0. The van der Waals surface area contributed by atoms with E-state index in [1.165, 1.54) is 11.3 Å². The lowest BCUT2D eigenvalue weighted by molar-refractivity contribution is -0.121. The van der Waals surface area contributed by atoms with Crippen LogP contribution in [0.1, 0.15) is 25.3 Å². The topological polar surface area (TPSA) is 92.4 Å². The molecule has 0 aliphatic heterocycles. The van der Waals surface area contributed by atoms with Gasteiger partial charge in [-0.3, -0.25) is 14.9 Å². The molecule has 1 heterocycles. The van der Waals surface area contributed by atoms with Gasteiger partial charge in [0.1, 0.15) is 5.75 Å². The van der Waals surface area contributed by atoms with Crippen LogP contribution in [-0.4, -0.2) is 28.5 Å². The van der Waals surface area contributed by atoms with Gasteiger partial charge in [-0.05, 0) is 55.4 Å². The molecule has 0 bridgehead atoms. The van der Waals surface area contributed by atoms with Crippen LogP contribution >= 0.6 is 23.6 Å². The van der Waals surface area contributed by atoms with E-state index in [9.17, 15) is 9.59 Å². The molecule has 30 heavy (non-hydrogen) atoms. The fourth-order valence-corrected chi connectivity index (χ4v) is 3.80. The summed E-state index contributed by atoms with van der Waals surface area (Å²) < 4.78 is 6.41. The van der Waals surface area contributed by atoms with Crippen LogP contribution in [-0.2, 0) is 9.59 Å². The van der Waals surface area contributed by atoms with Gasteiger partial charge in [0.2, 0.25) is 5.91 Å². The van der Waals surface area contributed by atoms with E-state index in [0.29, 0.717) is 23.0 Å². The van der Waals surface area contributed by atoms with E-state index in [0.717, 1.165) is 22.2 Å². The third-order valence-corrected chi connectivity index (χ3v) is 5.21. The first kappa shape index (κ1) is 21.7. The maximum absolute atomic E-state index is 12.1. The van der Waals surface area contributed by atoms with Crippen LogP contribution < -0.4 is 20.7 Å². The fourth-order valence-electron chi connectivity index (χ4n) is 2.65. The molecule has 9 heteroatoms. The lowest BCUT2D eigenvalue weighted by Crippen LogP contribution is -2.37. The maximum Gasteiger partial charge on any atom is 0.264 e. The Labute approximate surface area is 183 Å². The first-order valence-electron chi connectivity index (χ1n) is 9.44. The van der Waals surface area contributed by atoms with E-state index >= 15 is 0 Å². The van der Waals surface area contributed by atoms with Crippen molar-refractivity contribution in [3.63, 3.8) is 0 Å². The number of amides is 2. The molecule has 0 aliphatic carbocycles. The number of aromatic nitrogens is 1. The van der Waals surface area contributed by atoms with Crippen molar-refractivity contribution >= 4 is 61.5 Å². The number of hydrogen-bond donors (Lipinski definition) is 3. The van der Waals surface area contributed by atoms with Gasteiger partial charge in [0.15, 0.2) is 16.9 Å². The van der Waals surface area contributed by atoms with E-state index in [4.69, 9.17) is 17.0 Å². The molecule has 3 aromatic rings. The van der Waals surface area contributed by atoms with Crippen LogP contribution in [0, 0.1) is 6.92 Å². The second-order valence-corrected chi connectivity index (χ2v) is 8.00. The van der Waals surface area contributed by atoms with Crippen LogP contribution in [0.25, 0.3) is 10.2 Å². The number of rotatable bonds is 7. The zero-order valence-corrected chi connectivity index (χ0v) is 18.3. The van der Waals surface area contributed by atoms with Gasteiger partial charge in [-0.25, -0.2) is 4.98 Å². The standard InChI is InChI=1S/C21H22N4O3S2/c1-3-6-18(26)25-21-23-15-10-9-14(11-17(15)30-21)22-20(29)24-19(27)12-28-16-8-5-4-7-13(16)2/h4-5,7-11H,3,6,12H2,1-2H3,(H,23,25,26)(H2,22,24,27,29). The van der Waals surface area contributed by atoms with Crippen LogP contribution in [0.3, 0.4) is 0 Å². The molecule has 0 aliphatic rings. The summed E-state index contributed by atoms with van der Waals surface area (Å²) in [6.07, 6.45) is 1.24. The molecular weight excluding hydrogens is 420 g/mol. The highest BCUT2D eigenvalue weighted by Crippen LogP contribution is 2.28. The molecular formula is C21H22N4O3S2. The first-order valence-corrected chi connectivity index (χ1v) is 10.7. The van der Waals surface area contributed by atoms with E-state index in [-0.39, 0.29) is 23.5 Å². The van der Waals surface area contributed by atoms with E-state index in [1.807, 2.05) is 56.3 Å². The second-order valence-electron chi connectivity index (χ2n) is 6.56. The minimum atomic E-state index is -0.351. The Morgan fingerprint density at radius 3 is 2.70 bits per heavy atom. The summed E-state index contributed by atoms with van der Waals surface area (Å²) in [5.41, 5.74) is 2.44. The molecule has 2 aromatic carbocycles. The van der Waals surface area contributed by atoms with E-state index in [1.54, 1.807) is 0 Å². The van der Waals surface area contributed by atoms with Gasteiger partial charge in [0, 0.05) is 12.1 Å². The number of anilines is 2. The van der Waals surface area contributed by atoms with Crippen molar-refractivity contribution < 1.29 is 14.3 Å². The lowest BCUT2D eigenvalue weighted by atomic mass is 10.2. The van der Waals surface area contributed by atoms with Gasteiger partial charge in [0.25, 0.3) is 5.91 Å². The number of nitrogens with one attached hydrogen (secondary N) is 3. The van der Waals surface area contributed by atoms with Crippen molar-refractivity contribution in [2.24, 2.45) is 0 Å². The normalized spacial score (nSPS) is 10.5. The average molecular weight is 443 g/mol. The predicted octanol–water partition coefficient (Wildman–Crippen LogP) is 4.24. The number of thiazole rings is 1. The molecule has 156 valence electrons. The van der Waals surface area contributed by atoms with Gasteiger partial charge < -0.3 is 15.4 Å². The summed E-state index contributed by atoms with van der Waals surface area (Å²) in [4.78, 5) is 28.2. The minimum Gasteiger partial charge on any atom is -0.483 e. The number of thiocarbonyl (C=S) groups is 1. The lowest BCUT2D eigenvalue weighted by Gasteiger charge is -2.11. The SMILES string of the molecule is CCCC(=O)Nc1nc2ccc(NC(=S)NC(=O)COc3ccccc3C)cc2s1. The number of aryl methyl sites for hydroxylation is 1. The van der Waals surface area contributed by atoms with Crippen molar-refractivity contribution in [2.75, 3.05) is 17.2 Å². The number of para-hydroxylation sites is 1. The Morgan fingerprint density at radius 1 is 1.13 bits per heavy atom. The van der Waals surface area contributed by atoms with Crippen LogP contribution in [0.2, 0.25) is 0 Å². The average Bonchev–Trinajstić information content (AvgIpc) is 3.08. The van der Waals surface area contributed by atoms with Crippen LogP contribution in [0.15, 0.2) is 42.5 Å². The highest BCUT2D eigenvalue weighted by molar-refractivity contribution is 7.80. The van der Waals surface area contributed by atoms with Crippen LogP contribution in [0.5, 0.6) is 5.75 Å². The Hall–Kier alpha value is -3.04. The van der Waals surface area contributed by atoms with Gasteiger partial charge in [-0.2, -0.15) is 0 Å². The number of hydrogen-bond acceptors (Lipinski definition) is 6. The minimum absolute atomic E-state index is 0.0493. The molecule has 0 radical (unpaired) electrons. The monoisotopic (exact) mass is 442 g/mol. The molecule has 0 unspecified atom stereocenters. The van der Waals surface area contributed by atoms with Gasteiger partial charge in [-0.15, -0.1) is 0 Å². The zero-order valence-electron chi connectivity index (χ0n) is 16.7. The van der Waals surface area contributed by atoms with E-state index < -0.39 is 0 Å². The number of benzene rings is 2. The number of ether oxygens (including phenoxy) is 1. The number of carbonyl (C=O) groups excluding carboxylic acids is 2. The molecule has 3 rings (SSSR count). The first-order chi connectivity index (χ1) is 14.4. The summed E-state index contributed by atoms with van der Waals surface area (Å²) >= 11 is 6.60. The van der Waals surface area contributed by atoms with Crippen molar-refractivity contribution in [3.8, 4) is 5.75 Å². The number of fused-ring (bicyclic) bond motifs is 1. The summed E-state index contributed by atoms with van der Waals surface area (Å²) in [6.45, 7) is 3.73. The summed E-state index contributed by atoms with van der Waals surface area (Å²) in [6, 6.07) is 13.0. The van der Waals surface area contributed by atoms with Crippen molar-refractivity contribution in [2.45, 2.75) is 26.7 Å². The largest absolute Gasteiger partial charge is 0.483 e. The third-order valence-electron chi connectivity index (χ3n) is 4.08. The van der Waals surface area contributed by atoms with Gasteiger partial charge >= 0.3 is 0 Å². The second kappa shape index (κ2) is 10.1. The number of nitrogens with zero attached hydrogens (tertiary/aromatic N) is 1. The molecule has 0 saturated heterocycles. The van der Waals surface area contributed by atoms with Crippen molar-refractivity contribution in [1.29, 1.82) is 0 Å². The Morgan fingerprint density at radius 2 is 1.93 bits per heavy atom. The molecule has 0 fully saturated rings. The smallest absolute Gasteiger partial charge is 0.264 e. The fraction of sp³-hybridized carbons (Fsp3) is 0.238.